The maximum atomic E-state index is 12.8. The summed E-state index contributed by atoms with van der Waals surface area (Å²) in [6.07, 6.45) is 1.07. The number of nitrogens with zero attached hydrogens (tertiary/aromatic N) is 2. The highest BCUT2D eigenvalue weighted by atomic mass is 16.3. The molecule has 0 atom stereocenters. The van der Waals surface area contributed by atoms with E-state index in [1.54, 1.807) is 35.2 Å². The predicted molar refractivity (Wildman–Crippen MR) is 109 cm³/mol. The van der Waals surface area contributed by atoms with E-state index < -0.39 is 5.69 Å². The molecular weight excluding hydrogens is 370 g/mol. The zero-order chi connectivity index (χ0) is 20.0. The first-order valence-electron chi connectivity index (χ1n) is 9.63. The summed E-state index contributed by atoms with van der Waals surface area (Å²) in [5, 5.41) is 1.38. The number of para-hydroxylation sites is 2. The van der Waals surface area contributed by atoms with Gasteiger partial charge in [-0.25, -0.2) is 4.79 Å². The van der Waals surface area contributed by atoms with Gasteiger partial charge in [0.05, 0.1) is 10.9 Å². The first kappa shape index (κ1) is 17.5. The fourth-order valence-electron chi connectivity index (χ4n) is 4.08. The van der Waals surface area contributed by atoms with Crippen molar-refractivity contribution in [2.24, 2.45) is 0 Å². The summed E-state index contributed by atoms with van der Waals surface area (Å²) in [7, 11) is 0. The van der Waals surface area contributed by atoms with Crippen LogP contribution in [-0.2, 0) is 0 Å². The van der Waals surface area contributed by atoms with Gasteiger partial charge in [-0.15, -0.1) is 0 Å². The van der Waals surface area contributed by atoms with E-state index in [4.69, 9.17) is 4.42 Å². The van der Waals surface area contributed by atoms with Crippen molar-refractivity contribution >= 4 is 27.8 Å². The second-order valence-corrected chi connectivity index (χ2v) is 7.32. The zero-order valence-electron chi connectivity index (χ0n) is 15.6. The summed E-state index contributed by atoms with van der Waals surface area (Å²) < 4.78 is 6.98. The van der Waals surface area contributed by atoms with Crippen molar-refractivity contribution < 1.29 is 9.21 Å². The number of aromatic nitrogens is 2. The molecule has 1 amide bonds. The molecule has 2 aromatic carbocycles. The third-order valence-electron chi connectivity index (χ3n) is 5.59. The lowest BCUT2D eigenvalue weighted by molar-refractivity contribution is 0.0662. The molecule has 0 radical (unpaired) electrons. The molecule has 1 aliphatic rings. The molecule has 1 N–H and O–H groups in total. The number of hydrogen-bond donors (Lipinski definition) is 1. The summed E-state index contributed by atoms with van der Waals surface area (Å²) in [6.45, 7) is 0.915. The van der Waals surface area contributed by atoms with Gasteiger partial charge in [0, 0.05) is 24.5 Å². The first-order valence-corrected chi connectivity index (χ1v) is 9.63. The summed E-state index contributed by atoms with van der Waals surface area (Å²) in [5.41, 5.74) is 0.526. The molecule has 146 valence electrons. The van der Waals surface area contributed by atoms with Gasteiger partial charge in [-0.05, 0) is 37.1 Å². The SMILES string of the molecule is O=C(c1cc2ccccc2o1)N1CCC(n2c(=O)[nH]c3ccccc3c2=O)CC1. The van der Waals surface area contributed by atoms with E-state index in [0.29, 0.717) is 48.2 Å². The van der Waals surface area contributed by atoms with Crippen molar-refractivity contribution in [1.29, 1.82) is 0 Å². The zero-order valence-corrected chi connectivity index (χ0v) is 15.6. The fraction of sp³-hybridized carbons (Fsp3) is 0.227. The quantitative estimate of drug-likeness (QED) is 0.571. The van der Waals surface area contributed by atoms with Gasteiger partial charge < -0.3 is 14.3 Å². The highest BCUT2D eigenvalue weighted by molar-refractivity contribution is 5.96. The lowest BCUT2D eigenvalue weighted by Crippen LogP contribution is -2.45. The molecule has 0 aliphatic carbocycles. The Morgan fingerprint density at radius 3 is 2.52 bits per heavy atom. The highest BCUT2D eigenvalue weighted by Gasteiger charge is 2.28. The van der Waals surface area contributed by atoms with Crippen LogP contribution in [-0.4, -0.2) is 33.4 Å². The molecule has 5 rings (SSSR count). The van der Waals surface area contributed by atoms with Crippen LogP contribution < -0.4 is 11.2 Å². The minimum Gasteiger partial charge on any atom is -0.451 e. The smallest absolute Gasteiger partial charge is 0.329 e. The maximum Gasteiger partial charge on any atom is 0.329 e. The molecule has 1 fully saturated rings. The second kappa shape index (κ2) is 6.77. The van der Waals surface area contributed by atoms with Gasteiger partial charge in [-0.2, -0.15) is 0 Å². The number of nitrogens with one attached hydrogen (secondary N) is 1. The Kier molecular flexibility index (Phi) is 4.08. The molecule has 0 spiro atoms. The predicted octanol–water partition coefficient (Wildman–Crippen LogP) is 2.91. The Balaban J connectivity index is 1.38. The van der Waals surface area contributed by atoms with Gasteiger partial charge in [0.15, 0.2) is 5.76 Å². The van der Waals surface area contributed by atoms with Crippen LogP contribution in [0.3, 0.4) is 0 Å². The number of furan rings is 1. The molecule has 4 aromatic rings. The Labute approximate surface area is 165 Å². The fourth-order valence-corrected chi connectivity index (χ4v) is 4.08. The van der Waals surface area contributed by atoms with E-state index in [1.165, 1.54) is 4.57 Å². The number of piperidine rings is 1. The number of amides is 1. The number of likely N-dealkylation sites (tertiary alicyclic amines) is 1. The summed E-state index contributed by atoms with van der Waals surface area (Å²) in [6, 6.07) is 16.0. The van der Waals surface area contributed by atoms with Crippen molar-refractivity contribution in [2.45, 2.75) is 18.9 Å². The number of fused-ring (bicyclic) bond motifs is 2. The third-order valence-corrected chi connectivity index (χ3v) is 5.59. The van der Waals surface area contributed by atoms with Crippen LogP contribution in [0.5, 0.6) is 0 Å². The van der Waals surface area contributed by atoms with E-state index in [-0.39, 0.29) is 17.5 Å². The topological polar surface area (TPSA) is 88.3 Å². The van der Waals surface area contributed by atoms with Crippen LogP contribution in [0.1, 0.15) is 29.4 Å². The minimum atomic E-state index is -0.407. The summed E-state index contributed by atoms with van der Waals surface area (Å²) in [4.78, 5) is 42.7. The van der Waals surface area contributed by atoms with Crippen molar-refractivity contribution in [2.75, 3.05) is 13.1 Å². The Morgan fingerprint density at radius 2 is 1.72 bits per heavy atom. The van der Waals surface area contributed by atoms with E-state index in [1.807, 2.05) is 24.3 Å². The molecule has 0 unspecified atom stereocenters. The van der Waals surface area contributed by atoms with Crippen LogP contribution in [0, 0.1) is 0 Å². The molecule has 29 heavy (non-hydrogen) atoms. The third kappa shape index (κ3) is 2.95. The van der Waals surface area contributed by atoms with E-state index in [0.717, 1.165) is 5.39 Å². The number of carbonyl (C=O) groups excluding carboxylic acids is 1. The largest absolute Gasteiger partial charge is 0.451 e. The van der Waals surface area contributed by atoms with Gasteiger partial charge in [0.25, 0.3) is 11.5 Å². The van der Waals surface area contributed by atoms with Crippen LogP contribution in [0.15, 0.2) is 68.6 Å². The Hall–Kier alpha value is -3.61. The van der Waals surface area contributed by atoms with E-state index in [2.05, 4.69) is 4.98 Å². The molecule has 0 saturated carbocycles. The molecule has 7 heteroatoms. The van der Waals surface area contributed by atoms with Crippen LogP contribution >= 0.6 is 0 Å². The number of aromatic amines is 1. The molecule has 7 nitrogen and oxygen atoms in total. The number of hydrogen-bond acceptors (Lipinski definition) is 4. The standard InChI is InChI=1S/C22H19N3O4/c26-20-16-6-2-3-7-17(16)23-22(28)25(20)15-9-11-24(12-10-15)21(27)19-13-14-5-1-4-8-18(14)29-19/h1-8,13,15H,9-12H2,(H,23,28). The Bertz CT molecular complexity index is 1310. The highest BCUT2D eigenvalue weighted by Crippen LogP contribution is 2.24. The molecule has 1 aliphatic heterocycles. The van der Waals surface area contributed by atoms with E-state index in [9.17, 15) is 14.4 Å². The van der Waals surface area contributed by atoms with Crippen LogP contribution in [0.2, 0.25) is 0 Å². The lowest BCUT2D eigenvalue weighted by atomic mass is 10.0. The van der Waals surface area contributed by atoms with Crippen LogP contribution in [0.4, 0.5) is 0 Å². The second-order valence-electron chi connectivity index (χ2n) is 7.32. The summed E-state index contributed by atoms with van der Waals surface area (Å²) >= 11 is 0. The van der Waals surface area contributed by atoms with E-state index >= 15 is 0 Å². The molecule has 2 aromatic heterocycles. The monoisotopic (exact) mass is 389 g/mol. The van der Waals surface area contributed by atoms with Gasteiger partial charge in [0.1, 0.15) is 5.58 Å². The average molecular weight is 389 g/mol. The van der Waals surface area contributed by atoms with Gasteiger partial charge in [-0.1, -0.05) is 30.3 Å². The van der Waals surface area contributed by atoms with Crippen molar-refractivity contribution in [1.82, 2.24) is 14.5 Å². The average Bonchev–Trinajstić information content (AvgIpc) is 3.18. The van der Waals surface area contributed by atoms with Gasteiger partial charge in [0.2, 0.25) is 0 Å². The van der Waals surface area contributed by atoms with Gasteiger partial charge >= 0.3 is 5.69 Å². The molecule has 1 saturated heterocycles. The summed E-state index contributed by atoms with van der Waals surface area (Å²) in [5.74, 6) is 0.143. The molecule has 0 bridgehead atoms. The van der Waals surface area contributed by atoms with Crippen molar-refractivity contribution in [3.63, 3.8) is 0 Å². The first-order chi connectivity index (χ1) is 14.1. The van der Waals surface area contributed by atoms with Gasteiger partial charge in [-0.3, -0.25) is 14.2 Å². The normalized spacial score (nSPS) is 15.2. The molecular formula is C22H19N3O4. The van der Waals surface area contributed by atoms with Crippen molar-refractivity contribution in [3.8, 4) is 0 Å². The number of H-pyrrole nitrogens is 1. The minimum absolute atomic E-state index is 0.167. The lowest BCUT2D eigenvalue weighted by Gasteiger charge is -2.32. The van der Waals surface area contributed by atoms with Crippen LogP contribution in [0.25, 0.3) is 21.9 Å². The number of carbonyl (C=O) groups is 1. The number of rotatable bonds is 2. The Morgan fingerprint density at radius 1 is 1.00 bits per heavy atom. The maximum absolute atomic E-state index is 12.8. The molecule has 3 heterocycles. The van der Waals surface area contributed by atoms with Crippen molar-refractivity contribution in [3.05, 3.63) is 81.2 Å². The number of benzene rings is 2.